The first-order valence-corrected chi connectivity index (χ1v) is 8.49. The molecule has 29 heavy (non-hydrogen) atoms. The molecule has 0 aliphatic rings. The number of benzene rings is 2. The highest BCUT2D eigenvalue weighted by molar-refractivity contribution is 9.10. The number of nitrogens with zero attached hydrogens (tertiary/aromatic N) is 1. The third kappa shape index (κ3) is 3.75. The Morgan fingerprint density at radius 1 is 0.793 bits per heavy atom. The molecule has 3 rings (SSSR count). The zero-order valence-corrected chi connectivity index (χ0v) is 15.5. The summed E-state index contributed by atoms with van der Waals surface area (Å²) in [6.07, 6.45) is -9.41. The zero-order chi connectivity index (χ0) is 21.6. The van der Waals surface area contributed by atoms with Gasteiger partial charge in [0.05, 0.1) is 17.3 Å². The second-order valence-electron chi connectivity index (χ2n) is 5.89. The van der Waals surface area contributed by atoms with Crippen molar-refractivity contribution >= 4 is 15.9 Å². The van der Waals surface area contributed by atoms with Crippen molar-refractivity contribution in [2.45, 2.75) is 16.7 Å². The van der Waals surface area contributed by atoms with E-state index in [0.717, 1.165) is 18.3 Å². The summed E-state index contributed by atoms with van der Waals surface area (Å²) in [7, 11) is 0. The fraction of sp³-hybridized carbons (Fsp3) is 0.167. The second kappa shape index (κ2) is 7.12. The van der Waals surface area contributed by atoms with Crippen LogP contribution in [-0.4, -0.2) is 5.16 Å². The SMILES string of the molecule is Fc1ccc(C(Br)(c2ccno2)c2c(C(F)(F)F)cccc2C(F)(F)F)cc1F. The van der Waals surface area contributed by atoms with Crippen molar-refractivity contribution in [1.29, 1.82) is 0 Å². The molecular formula is C18H8BrF8NO. The predicted molar refractivity (Wildman–Crippen MR) is 88.1 cm³/mol. The van der Waals surface area contributed by atoms with E-state index in [1.807, 2.05) is 0 Å². The largest absolute Gasteiger partial charge is 0.416 e. The summed E-state index contributed by atoms with van der Waals surface area (Å²) in [5.74, 6) is -3.30. The normalized spacial score (nSPS) is 14.7. The lowest BCUT2D eigenvalue weighted by Gasteiger charge is -2.31. The first-order chi connectivity index (χ1) is 13.4. The summed E-state index contributed by atoms with van der Waals surface area (Å²) < 4.78 is 112. The monoisotopic (exact) mass is 485 g/mol. The molecule has 0 amide bonds. The van der Waals surface area contributed by atoms with Crippen LogP contribution in [0.15, 0.2) is 53.2 Å². The fourth-order valence-electron chi connectivity index (χ4n) is 2.91. The van der Waals surface area contributed by atoms with Crippen molar-refractivity contribution in [3.05, 3.63) is 88.3 Å². The van der Waals surface area contributed by atoms with E-state index in [1.54, 1.807) is 0 Å². The van der Waals surface area contributed by atoms with Crippen LogP contribution in [0.2, 0.25) is 0 Å². The van der Waals surface area contributed by atoms with E-state index in [9.17, 15) is 35.1 Å². The van der Waals surface area contributed by atoms with Crippen LogP contribution in [0.4, 0.5) is 35.1 Å². The maximum absolute atomic E-state index is 13.8. The van der Waals surface area contributed by atoms with E-state index >= 15 is 0 Å². The van der Waals surface area contributed by atoms with E-state index in [0.29, 0.717) is 30.3 Å². The Labute approximate surface area is 166 Å². The lowest BCUT2D eigenvalue weighted by molar-refractivity contribution is -0.144. The van der Waals surface area contributed by atoms with Crippen molar-refractivity contribution in [3.8, 4) is 0 Å². The van der Waals surface area contributed by atoms with Gasteiger partial charge in [-0.2, -0.15) is 26.3 Å². The molecule has 154 valence electrons. The Bertz CT molecular complexity index is 997. The molecule has 0 saturated heterocycles. The summed E-state index contributed by atoms with van der Waals surface area (Å²) in [5, 5.41) is 3.33. The summed E-state index contributed by atoms with van der Waals surface area (Å²) in [5.41, 5.74) is -5.02. The number of halogens is 9. The predicted octanol–water partition coefficient (Wildman–Crippen LogP) is 6.68. The average molecular weight is 486 g/mol. The van der Waals surface area contributed by atoms with Gasteiger partial charge in [-0.05, 0) is 29.8 Å². The minimum atomic E-state index is -5.20. The molecule has 0 bridgehead atoms. The molecule has 0 aliphatic carbocycles. The minimum Gasteiger partial charge on any atom is -0.359 e. The van der Waals surface area contributed by atoms with Crippen molar-refractivity contribution in [2.75, 3.05) is 0 Å². The Hall–Kier alpha value is -2.43. The Balaban J connectivity index is 2.49. The number of rotatable bonds is 3. The standard InChI is InChI=1S/C18H8BrF8NO/c19-16(14-6-7-28-29-14,9-4-5-12(20)13(21)8-9)15-10(17(22,23)24)2-1-3-11(15)18(25,26)27/h1-8H. The number of hydrogen-bond donors (Lipinski definition) is 0. The number of hydrogen-bond acceptors (Lipinski definition) is 2. The third-order valence-corrected chi connectivity index (χ3v) is 5.36. The summed E-state index contributed by atoms with van der Waals surface area (Å²) in [6, 6.07) is 4.45. The summed E-state index contributed by atoms with van der Waals surface area (Å²) >= 11 is 2.91. The zero-order valence-electron chi connectivity index (χ0n) is 13.9. The lowest BCUT2D eigenvalue weighted by atomic mass is 9.82. The van der Waals surface area contributed by atoms with Gasteiger partial charge in [-0.25, -0.2) is 8.78 Å². The Morgan fingerprint density at radius 2 is 1.38 bits per heavy atom. The first kappa shape index (κ1) is 21.3. The van der Waals surface area contributed by atoms with Crippen molar-refractivity contribution in [1.82, 2.24) is 5.16 Å². The third-order valence-electron chi connectivity index (χ3n) is 4.11. The van der Waals surface area contributed by atoms with Crippen LogP contribution >= 0.6 is 15.9 Å². The molecule has 3 aromatic rings. The molecule has 1 aromatic heterocycles. The molecule has 0 N–H and O–H groups in total. The van der Waals surface area contributed by atoms with Crippen molar-refractivity contribution in [2.24, 2.45) is 0 Å². The van der Waals surface area contributed by atoms with Gasteiger partial charge >= 0.3 is 12.4 Å². The van der Waals surface area contributed by atoms with E-state index in [2.05, 4.69) is 21.1 Å². The molecular weight excluding hydrogens is 478 g/mol. The van der Waals surface area contributed by atoms with Gasteiger partial charge in [0.25, 0.3) is 0 Å². The van der Waals surface area contributed by atoms with Crippen LogP contribution in [0.3, 0.4) is 0 Å². The van der Waals surface area contributed by atoms with Crippen LogP contribution in [0, 0.1) is 11.6 Å². The highest BCUT2D eigenvalue weighted by Gasteiger charge is 2.50. The van der Waals surface area contributed by atoms with Gasteiger partial charge in [0.1, 0.15) is 4.32 Å². The second-order valence-corrected chi connectivity index (χ2v) is 7.08. The molecule has 0 spiro atoms. The Kier molecular flexibility index (Phi) is 5.22. The molecule has 11 heteroatoms. The van der Waals surface area contributed by atoms with Crippen LogP contribution in [0.1, 0.15) is 28.0 Å². The molecule has 0 saturated carbocycles. The first-order valence-electron chi connectivity index (χ1n) is 7.70. The van der Waals surface area contributed by atoms with E-state index in [4.69, 9.17) is 4.52 Å². The van der Waals surface area contributed by atoms with Crippen LogP contribution in [0.5, 0.6) is 0 Å². The van der Waals surface area contributed by atoms with Gasteiger partial charge < -0.3 is 4.52 Å². The topological polar surface area (TPSA) is 26.0 Å². The van der Waals surface area contributed by atoms with Crippen molar-refractivity contribution in [3.63, 3.8) is 0 Å². The van der Waals surface area contributed by atoms with Gasteiger partial charge in [0.2, 0.25) is 0 Å². The van der Waals surface area contributed by atoms with Crippen molar-refractivity contribution < 1.29 is 39.6 Å². The van der Waals surface area contributed by atoms with Gasteiger partial charge in [0, 0.05) is 11.6 Å². The molecule has 1 unspecified atom stereocenters. The Morgan fingerprint density at radius 3 is 1.83 bits per heavy atom. The number of aromatic nitrogens is 1. The van der Waals surface area contributed by atoms with E-state index < -0.39 is 56.3 Å². The van der Waals surface area contributed by atoms with Gasteiger partial charge in [0.15, 0.2) is 17.4 Å². The highest BCUT2D eigenvalue weighted by Crippen LogP contribution is 2.53. The molecule has 0 fully saturated rings. The molecule has 2 nitrogen and oxygen atoms in total. The van der Waals surface area contributed by atoms with Crippen LogP contribution < -0.4 is 0 Å². The lowest BCUT2D eigenvalue weighted by Crippen LogP contribution is -2.30. The van der Waals surface area contributed by atoms with Gasteiger partial charge in [-0.1, -0.05) is 33.2 Å². The molecule has 0 aliphatic heterocycles. The molecule has 1 heterocycles. The van der Waals surface area contributed by atoms with Gasteiger partial charge in [-0.15, -0.1) is 0 Å². The fourth-order valence-corrected chi connectivity index (χ4v) is 3.79. The maximum atomic E-state index is 13.8. The molecule has 2 aromatic carbocycles. The van der Waals surface area contributed by atoms with Gasteiger partial charge in [-0.3, -0.25) is 0 Å². The quantitative estimate of drug-likeness (QED) is 0.305. The molecule has 0 radical (unpaired) electrons. The maximum Gasteiger partial charge on any atom is 0.416 e. The summed E-state index contributed by atoms with van der Waals surface area (Å²) in [4.78, 5) is 0. The highest BCUT2D eigenvalue weighted by atomic mass is 79.9. The summed E-state index contributed by atoms with van der Waals surface area (Å²) in [6.45, 7) is 0. The van der Waals surface area contributed by atoms with Crippen LogP contribution in [-0.2, 0) is 16.7 Å². The van der Waals surface area contributed by atoms with Crippen LogP contribution in [0.25, 0.3) is 0 Å². The van der Waals surface area contributed by atoms with E-state index in [1.165, 1.54) is 0 Å². The molecule has 1 atom stereocenters. The van der Waals surface area contributed by atoms with E-state index in [-0.39, 0.29) is 0 Å². The number of alkyl halides is 7. The average Bonchev–Trinajstić information content (AvgIpc) is 3.16. The smallest absolute Gasteiger partial charge is 0.359 e. The minimum absolute atomic E-state index is 0.455.